The standard InChI is InChI=1S/C6H10N4OS.CH4N2O/c1-9(2)6(11)10(3)5-4-7-8-12-5;2-1(3)4/h4H,1-3H3;(H4,2,3,4). The fourth-order valence-corrected chi connectivity index (χ4v) is 1.18. The fraction of sp³-hybridized carbons (Fsp3) is 0.429. The Labute approximate surface area is 97.0 Å². The maximum absolute atomic E-state index is 11.3. The van der Waals surface area contributed by atoms with Crippen LogP contribution in [0.5, 0.6) is 0 Å². The van der Waals surface area contributed by atoms with E-state index in [0.29, 0.717) is 0 Å². The van der Waals surface area contributed by atoms with Crippen molar-refractivity contribution in [3.63, 3.8) is 0 Å². The lowest BCUT2D eigenvalue weighted by molar-refractivity contribution is 0.225. The molecule has 1 heterocycles. The Hall–Kier alpha value is -1.90. The monoisotopic (exact) mass is 246 g/mol. The van der Waals surface area contributed by atoms with Crippen LogP contribution in [0.3, 0.4) is 0 Å². The van der Waals surface area contributed by atoms with Gasteiger partial charge in [-0.2, -0.15) is 0 Å². The van der Waals surface area contributed by atoms with E-state index in [9.17, 15) is 4.79 Å². The van der Waals surface area contributed by atoms with Crippen LogP contribution in [0.15, 0.2) is 6.20 Å². The van der Waals surface area contributed by atoms with E-state index in [1.807, 2.05) is 0 Å². The van der Waals surface area contributed by atoms with Gasteiger partial charge < -0.3 is 16.4 Å². The highest BCUT2D eigenvalue weighted by Crippen LogP contribution is 2.15. The summed E-state index contributed by atoms with van der Waals surface area (Å²) in [5, 5.41) is 4.39. The highest BCUT2D eigenvalue weighted by Gasteiger charge is 2.13. The molecule has 0 fully saturated rings. The van der Waals surface area contributed by atoms with E-state index in [4.69, 9.17) is 4.79 Å². The van der Waals surface area contributed by atoms with E-state index in [-0.39, 0.29) is 6.03 Å². The number of nitrogens with zero attached hydrogens (tertiary/aromatic N) is 4. The molecule has 0 aliphatic heterocycles. The van der Waals surface area contributed by atoms with E-state index in [1.54, 1.807) is 27.3 Å². The Bertz CT molecular complexity index is 335. The van der Waals surface area contributed by atoms with E-state index in [1.165, 1.54) is 21.3 Å². The Balaban J connectivity index is 0.000000487. The van der Waals surface area contributed by atoms with Crippen molar-refractivity contribution in [3.05, 3.63) is 6.20 Å². The van der Waals surface area contributed by atoms with Crippen LogP contribution < -0.4 is 16.4 Å². The number of rotatable bonds is 1. The van der Waals surface area contributed by atoms with E-state index < -0.39 is 6.03 Å². The summed E-state index contributed by atoms with van der Waals surface area (Å²) in [5.41, 5.74) is 8.50. The van der Waals surface area contributed by atoms with Gasteiger partial charge >= 0.3 is 12.1 Å². The second-order valence-electron chi connectivity index (χ2n) is 2.89. The third-order valence-electron chi connectivity index (χ3n) is 1.35. The molecule has 4 amide bonds. The third kappa shape index (κ3) is 5.10. The molecule has 0 aliphatic carbocycles. The Morgan fingerprint density at radius 3 is 2.12 bits per heavy atom. The van der Waals surface area contributed by atoms with Gasteiger partial charge in [0.05, 0.1) is 6.20 Å². The van der Waals surface area contributed by atoms with Crippen LogP contribution >= 0.6 is 11.5 Å². The molecule has 0 saturated heterocycles. The van der Waals surface area contributed by atoms with Gasteiger partial charge in [0.25, 0.3) is 0 Å². The zero-order valence-electron chi connectivity index (χ0n) is 9.25. The first-order valence-electron chi connectivity index (χ1n) is 4.13. The predicted molar refractivity (Wildman–Crippen MR) is 61.2 cm³/mol. The molecule has 0 radical (unpaired) electrons. The van der Waals surface area contributed by atoms with Gasteiger partial charge in [-0.25, -0.2) is 9.59 Å². The molecule has 1 rings (SSSR count). The number of urea groups is 2. The van der Waals surface area contributed by atoms with Gasteiger partial charge in [-0.05, 0) is 0 Å². The molecule has 0 aromatic carbocycles. The topological polar surface area (TPSA) is 118 Å². The molecule has 0 aliphatic rings. The number of nitrogens with two attached hydrogens (primary N) is 2. The Morgan fingerprint density at radius 2 is 1.81 bits per heavy atom. The Kier molecular flexibility index (Phi) is 5.78. The first-order valence-corrected chi connectivity index (χ1v) is 4.91. The molecule has 1 aromatic heterocycles. The SMILES string of the molecule is CN(C)C(=O)N(C)c1cnns1.NC(N)=O. The minimum absolute atomic E-state index is 0.0824. The maximum Gasteiger partial charge on any atom is 0.324 e. The second-order valence-corrected chi connectivity index (χ2v) is 3.66. The summed E-state index contributed by atoms with van der Waals surface area (Å²) < 4.78 is 3.66. The summed E-state index contributed by atoms with van der Waals surface area (Å²) in [5.74, 6) is 0. The molecule has 90 valence electrons. The molecule has 16 heavy (non-hydrogen) atoms. The summed E-state index contributed by atoms with van der Waals surface area (Å²) in [6.45, 7) is 0. The number of primary amides is 2. The van der Waals surface area contributed by atoms with Crippen molar-refractivity contribution in [1.82, 2.24) is 14.5 Å². The lowest BCUT2D eigenvalue weighted by atomic mass is 10.6. The van der Waals surface area contributed by atoms with Crippen molar-refractivity contribution in [1.29, 1.82) is 0 Å². The highest BCUT2D eigenvalue weighted by atomic mass is 32.1. The minimum Gasteiger partial charge on any atom is -0.352 e. The number of aromatic nitrogens is 2. The zero-order chi connectivity index (χ0) is 12.7. The fourth-order valence-electron chi connectivity index (χ4n) is 0.704. The first-order chi connectivity index (χ1) is 7.36. The molecule has 0 atom stereocenters. The van der Waals surface area contributed by atoms with E-state index in [2.05, 4.69) is 21.1 Å². The molecular formula is C7H14N6O2S. The summed E-state index contributed by atoms with van der Waals surface area (Å²) in [7, 11) is 5.10. The average Bonchev–Trinajstić information content (AvgIpc) is 2.67. The van der Waals surface area contributed by atoms with Crippen molar-refractivity contribution in [2.24, 2.45) is 11.5 Å². The van der Waals surface area contributed by atoms with Crippen molar-refractivity contribution in [2.45, 2.75) is 0 Å². The number of hydrogen-bond acceptors (Lipinski definition) is 5. The van der Waals surface area contributed by atoms with E-state index >= 15 is 0 Å². The predicted octanol–water partition coefficient (Wildman–Crippen LogP) is -0.320. The second kappa shape index (κ2) is 6.56. The lowest BCUT2D eigenvalue weighted by Gasteiger charge is -2.18. The van der Waals surface area contributed by atoms with Gasteiger partial charge in [0.1, 0.15) is 5.00 Å². The Morgan fingerprint density at radius 1 is 1.31 bits per heavy atom. The third-order valence-corrected chi connectivity index (χ3v) is 2.09. The number of carbonyl (C=O) groups is 2. The molecule has 0 unspecified atom stereocenters. The number of carbonyl (C=O) groups excluding carboxylic acids is 2. The van der Waals surface area contributed by atoms with Crippen molar-refractivity contribution in [2.75, 3.05) is 26.0 Å². The summed E-state index contributed by atoms with van der Waals surface area (Å²) in [6.07, 6.45) is 1.56. The lowest BCUT2D eigenvalue weighted by Crippen LogP contribution is -2.35. The highest BCUT2D eigenvalue weighted by molar-refractivity contribution is 7.10. The van der Waals surface area contributed by atoms with Crippen molar-refractivity contribution in [3.8, 4) is 0 Å². The molecule has 4 N–H and O–H groups in total. The quantitative estimate of drug-likeness (QED) is 0.705. The van der Waals surface area contributed by atoms with Crippen LogP contribution in [0.1, 0.15) is 0 Å². The molecule has 1 aromatic rings. The van der Waals surface area contributed by atoms with Gasteiger partial charge in [-0.15, -0.1) is 5.10 Å². The number of hydrogen-bond donors (Lipinski definition) is 2. The van der Waals surface area contributed by atoms with Crippen molar-refractivity contribution < 1.29 is 9.59 Å². The molecule has 0 saturated carbocycles. The molecule has 0 spiro atoms. The van der Waals surface area contributed by atoms with Gasteiger partial charge in [-0.3, -0.25) is 4.90 Å². The van der Waals surface area contributed by atoms with Crippen LogP contribution in [0.2, 0.25) is 0 Å². The molecular weight excluding hydrogens is 232 g/mol. The zero-order valence-corrected chi connectivity index (χ0v) is 10.1. The van der Waals surface area contributed by atoms with Crippen LogP contribution in [-0.2, 0) is 0 Å². The van der Waals surface area contributed by atoms with Crippen LogP contribution in [0.25, 0.3) is 0 Å². The minimum atomic E-state index is -0.833. The molecule has 9 heteroatoms. The first kappa shape index (κ1) is 14.1. The summed E-state index contributed by atoms with van der Waals surface area (Å²) >= 11 is 1.19. The van der Waals surface area contributed by atoms with Crippen LogP contribution in [0, 0.1) is 0 Å². The largest absolute Gasteiger partial charge is 0.352 e. The smallest absolute Gasteiger partial charge is 0.324 e. The maximum atomic E-state index is 11.3. The van der Waals surface area contributed by atoms with Gasteiger partial charge in [-0.1, -0.05) is 4.49 Å². The van der Waals surface area contributed by atoms with Gasteiger partial charge in [0.2, 0.25) is 0 Å². The average molecular weight is 246 g/mol. The van der Waals surface area contributed by atoms with Gasteiger partial charge in [0, 0.05) is 32.7 Å². The molecule has 0 bridgehead atoms. The number of amides is 4. The van der Waals surface area contributed by atoms with Crippen LogP contribution in [-0.4, -0.2) is 47.7 Å². The normalized spacial score (nSPS) is 8.69. The van der Waals surface area contributed by atoms with E-state index in [0.717, 1.165) is 5.00 Å². The molecule has 8 nitrogen and oxygen atoms in total. The van der Waals surface area contributed by atoms with Crippen LogP contribution in [0.4, 0.5) is 14.6 Å². The van der Waals surface area contributed by atoms with Crippen molar-refractivity contribution >= 4 is 28.6 Å². The van der Waals surface area contributed by atoms with Gasteiger partial charge in [0.15, 0.2) is 0 Å². The summed E-state index contributed by atoms with van der Waals surface area (Å²) in [6, 6.07) is -0.916. The number of anilines is 1. The summed E-state index contributed by atoms with van der Waals surface area (Å²) in [4.78, 5) is 23.3.